The molecule has 26 heavy (non-hydrogen) atoms. The number of carbonyl (C=O) groups is 2. The van der Waals surface area contributed by atoms with Crippen LogP contribution in [-0.4, -0.2) is 18.4 Å². The Hall–Kier alpha value is -2.10. The number of hydrogen-bond acceptors (Lipinski definition) is 3. The van der Waals surface area contributed by atoms with E-state index in [9.17, 15) is 9.59 Å². The van der Waals surface area contributed by atoms with Crippen molar-refractivity contribution in [3.63, 3.8) is 0 Å². The van der Waals surface area contributed by atoms with Crippen molar-refractivity contribution in [3.8, 4) is 0 Å². The zero-order valence-electron chi connectivity index (χ0n) is 14.2. The zero-order chi connectivity index (χ0) is 18.7. The van der Waals surface area contributed by atoms with Crippen molar-refractivity contribution in [2.75, 3.05) is 6.61 Å². The number of rotatable bonds is 4. The van der Waals surface area contributed by atoms with Gasteiger partial charge < -0.3 is 4.74 Å². The van der Waals surface area contributed by atoms with Gasteiger partial charge in [0, 0.05) is 16.0 Å². The first-order valence-corrected chi connectivity index (χ1v) is 9.17. The number of hydrogen-bond donors (Lipinski definition) is 0. The van der Waals surface area contributed by atoms with Gasteiger partial charge in [-0.1, -0.05) is 47.5 Å². The van der Waals surface area contributed by atoms with Crippen molar-refractivity contribution in [1.82, 2.24) is 0 Å². The van der Waals surface area contributed by atoms with Crippen LogP contribution in [0.5, 0.6) is 0 Å². The van der Waals surface area contributed by atoms with Gasteiger partial charge in [0.05, 0.1) is 6.61 Å². The monoisotopic (exact) mass is 388 g/mol. The molecule has 0 fully saturated rings. The molecule has 0 heterocycles. The molecule has 0 bridgehead atoms. The highest BCUT2D eigenvalue weighted by atomic mass is 35.5. The topological polar surface area (TPSA) is 43.4 Å². The molecule has 2 aromatic carbocycles. The minimum absolute atomic E-state index is 0.236. The largest absolute Gasteiger partial charge is 0.465 e. The van der Waals surface area contributed by atoms with Gasteiger partial charge in [0.2, 0.25) is 0 Å². The summed E-state index contributed by atoms with van der Waals surface area (Å²) in [6, 6.07) is 14.6. The SMILES string of the molecule is CCOC(=O)C1C(=O)C=C(c2ccc(Cl)cc2)CC1c1ccc(Cl)cc1. The summed E-state index contributed by atoms with van der Waals surface area (Å²) in [7, 11) is 0. The average molecular weight is 389 g/mol. The van der Waals surface area contributed by atoms with Gasteiger partial charge in [0.1, 0.15) is 5.92 Å². The van der Waals surface area contributed by atoms with E-state index in [4.69, 9.17) is 27.9 Å². The molecule has 2 unspecified atom stereocenters. The molecule has 3 rings (SSSR count). The number of benzene rings is 2. The molecule has 5 heteroatoms. The molecule has 3 nitrogen and oxygen atoms in total. The molecule has 1 aliphatic carbocycles. The van der Waals surface area contributed by atoms with Crippen LogP contribution in [0.3, 0.4) is 0 Å². The third-order valence-electron chi connectivity index (χ3n) is 4.52. The van der Waals surface area contributed by atoms with E-state index >= 15 is 0 Å². The van der Waals surface area contributed by atoms with Gasteiger partial charge >= 0.3 is 5.97 Å². The molecular weight excluding hydrogens is 371 g/mol. The Bertz CT molecular complexity index is 839. The highest BCUT2D eigenvalue weighted by Gasteiger charge is 2.39. The zero-order valence-corrected chi connectivity index (χ0v) is 15.8. The molecule has 2 atom stereocenters. The lowest BCUT2D eigenvalue weighted by Gasteiger charge is -2.29. The van der Waals surface area contributed by atoms with E-state index in [1.807, 2.05) is 24.3 Å². The number of allylic oxidation sites excluding steroid dienone is 2. The second-order valence-corrected chi connectivity index (χ2v) is 7.04. The highest BCUT2D eigenvalue weighted by molar-refractivity contribution is 6.30. The molecule has 0 N–H and O–H groups in total. The van der Waals surface area contributed by atoms with Gasteiger partial charge in [-0.25, -0.2) is 0 Å². The summed E-state index contributed by atoms with van der Waals surface area (Å²) in [5, 5.41) is 1.24. The highest BCUT2D eigenvalue weighted by Crippen LogP contribution is 2.40. The van der Waals surface area contributed by atoms with Gasteiger partial charge in [-0.15, -0.1) is 0 Å². The van der Waals surface area contributed by atoms with E-state index in [1.54, 1.807) is 37.3 Å². The standard InChI is InChI=1S/C21H18Cl2O3/c1-2-26-21(25)20-18(14-5-9-17(23)10-6-14)11-15(12-19(20)24)13-3-7-16(22)8-4-13/h3-10,12,18,20H,2,11H2,1H3. The van der Waals surface area contributed by atoms with Crippen molar-refractivity contribution < 1.29 is 14.3 Å². The summed E-state index contributed by atoms with van der Waals surface area (Å²) < 4.78 is 5.15. The van der Waals surface area contributed by atoms with Crippen LogP contribution >= 0.6 is 23.2 Å². The molecule has 0 spiro atoms. The van der Waals surface area contributed by atoms with E-state index < -0.39 is 11.9 Å². The van der Waals surface area contributed by atoms with Crippen LogP contribution in [0.15, 0.2) is 54.6 Å². The summed E-state index contributed by atoms with van der Waals surface area (Å²) in [6.07, 6.45) is 2.11. The van der Waals surface area contributed by atoms with Crippen molar-refractivity contribution in [1.29, 1.82) is 0 Å². The van der Waals surface area contributed by atoms with Gasteiger partial charge in [-0.05, 0) is 60.4 Å². The first-order valence-electron chi connectivity index (χ1n) is 8.42. The summed E-state index contributed by atoms with van der Waals surface area (Å²) in [4.78, 5) is 25.2. The minimum atomic E-state index is -0.841. The Morgan fingerprint density at radius 2 is 1.62 bits per heavy atom. The number of esters is 1. The van der Waals surface area contributed by atoms with Crippen molar-refractivity contribution in [2.24, 2.45) is 5.92 Å². The Balaban J connectivity index is 2.01. The molecular formula is C21H18Cl2O3. The van der Waals surface area contributed by atoms with Gasteiger partial charge in [-0.3, -0.25) is 9.59 Å². The van der Waals surface area contributed by atoms with E-state index in [0.29, 0.717) is 16.5 Å². The van der Waals surface area contributed by atoms with Crippen LogP contribution < -0.4 is 0 Å². The van der Waals surface area contributed by atoms with Crippen LogP contribution in [0.1, 0.15) is 30.4 Å². The van der Waals surface area contributed by atoms with Crippen LogP contribution in [-0.2, 0) is 14.3 Å². The Kier molecular flexibility index (Phi) is 5.80. The molecule has 0 saturated carbocycles. The van der Waals surface area contributed by atoms with E-state index in [0.717, 1.165) is 16.7 Å². The van der Waals surface area contributed by atoms with Gasteiger partial charge in [0.15, 0.2) is 5.78 Å². The molecule has 0 amide bonds. The van der Waals surface area contributed by atoms with Gasteiger partial charge in [-0.2, -0.15) is 0 Å². The normalized spacial score (nSPS) is 19.8. The first kappa shape index (κ1) is 18.7. The molecule has 2 aromatic rings. The van der Waals surface area contributed by atoms with E-state index in [2.05, 4.69) is 0 Å². The predicted molar refractivity (Wildman–Crippen MR) is 103 cm³/mol. The van der Waals surface area contributed by atoms with E-state index in [-0.39, 0.29) is 18.3 Å². The number of ketones is 1. The van der Waals surface area contributed by atoms with E-state index in [1.165, 1.54) is 0 Å². The lowest BCUT2D eigenvalue weighted by atomic mass is 9.73. The van der Waals surface area contributed by atoms with Crippen molar-refractivity contribution in [2.45, 2.75) is 19.3 Å². The maximum atomic E-state index is 12.8. The lowest BCUT2D eigenvalue weighted by Crippen LogP contribution is -2.34. The summed E-state index contributed by atoms with van der Waals surface area (Å²) >= 11 is 11.9. The fraction of sp³-hybridized carbons (Fsp3) is 0.238. The number of ether oxygens (including phenoxy) is 1. The second-order valence-electron chi connectivity index (χ2n) is 6.17. The minimum Gasteiger partial charge on any atom is -0.465 e. The molecule has 0 radical (unpaired) electrons. The van der Waals surface area contributed by atoms with Crippen molar-refractivity contribution in [3.05, 3.63) is 75.8 Å². The fourth-order valence-electron chi connectivity index (χ4n) is 3.27. The second kappa shape index (κ2) is 8.07. The Labute approximate surface area is 162 Å². The molecule has 0 aliphatic heterocycles. The predicted octanol–water partition coefficient (Wildman–Crippen LogP) is 5.31. The summed E-state index contributed by atoms with van der Waals surface area (Å²) in [5.74, 6) is -1.86. The molecule has 134 valence electrons. The molecule has 1 aliphatic rings. The number of halogens is 2. The van der Waals surface area contributed by atoms with Gasteiger partial charge in [0.25, 0.3) is 0 Å². The Morgan fingerprint density at radius 3 is 2.19 bits per heavy atom. The maximum absolute atomic E-state index is 12.8. The van der Waals surface area contributed by atoms with Crippen LogP contribution in [0, 0.1) is 5.92 Å². The first-order chi connectivity index (χ1) is 12.5. The van der Waals surface area contributed by atoms with Crippen LogP contribution in [0.25, 0.3) is 5.57 Å². The summed E-state index contributed by atoms with van der Waals surface area (Å²) in [5.41, 5.74) is 2.69. The average Bonchev–Trinajstić information content (AvgIpc) is 2.62. The van der Waals surface area contributed by atoms with Crippen molar-refractivity contribution >= 4 is 40.5 Å². The maximum Gasteiger partial charge on any atom is 0.317 e. The number of carbonyl (C=O) groups excluding carboxylic acids is 2. The van der Waals surface area contributed by atoms with Crippen LogP contribution in [0.4, 0.5) is 0 Å². The molecule has 0 aromatic heterocycles. The third-order valence-corrected chi connectivity index (χ3v) is 5.02. The third kappa shape index (κ3) is 4.00. The quantitative estimate of drug-likeness (QED) is 0.526. The molecule has 0 saturated heterocycles. The summed E-state index contributed by atoms with van der Waals surface area (Å²) in [6.45, 7) is 1.97. The Morgan fingerprint density at radius 1 is 1.04 bits per heavy atom. The smallest absolute Gasteiger partial charge is 0.317 e. The van der Waals surface area contributed by atoms with Crippen LogP contribution in [0.2, 0.25) is 10.0 Å². The lowest BCUT2D eigenvalue weighted by molar-refractivity contribution is -0.151. The fourth-order valence-corrected chi connectivity index (χ4v) is 3.52.